The Hall–Kier alpha value is -1.53. The van der Waals surface area contributed by atoms with Crippen molar-refractivity contribution in [3.8, 4) is 0 Å². The Morgan fingerprint density at radius 3 is 2.67 bits per heavy atom. The van der Waals surface area contributed by atoms with Gasteiger partial charge in [-0.1, -0.05) is 17.7 Å². The number of hydrogen-bond donors (Lipinski definition) is 2. The van der Waals surface area contributed by atoms with Gasteiger partial charge in [-0.3, -0.25) is 4.57 Å². The maximum atomic E-state index is 11.4. The molecule has 2 aromatic rings. The molecule has 1 aromatic heterocycles. The van der Waals surface area contributed by atoms with Crippen molar-refractivity contribution in [1.29, 1.82) is 0 Å². The Labute approximate surface area is 129 Å². The zero-order valence-electron chi connectivity index (χ0n) is 13.2. The molecule has 21 heavy (non-hydrogen) atoms. The lowest BCUT2D eigenvalue weighted by Crippen LogP contribution is -2.35. The van der Waals surface area contributed by atoms with E-state index in [0.717, 1.165) is 11.4 Å². The highest BCUT2D eigenvalue weighted by molar-refractivity contribution is 7.99. The van der Waals surface area contributed by atoms with Gasteiger partial charge in [-0.15, -0.1) is 5.10 Å². The van der Waals surface area contributed by atoms with Crippen molar-refractivity contribution in [3.05, 3.63) is 39.8 Å². The zero-order valence-corrected chi connectivity index (χ0v) is 14.0. The highest BCUT2D eigenvalue weighted by atomic mass is 32.2. The topological polar surface area (TPSA) is 62.7 Å². The smallest absolute Gasteiger partial charge is 0.308 e. The summed E-state index contributed by atoms with van der Waals surface area (Å²) >= 11 is 1.50. The first-order valence-electron chi connectivity index (χ1n) is 6.90. The molecule has 0 saturated heterocycles. The van der Waals surface area contributed by atoms with Gasteiger partial charge in [0.25, 0.3) is 0 Å². The van der Waals surface area contributed by atoms with E-state index in [-0.39, 0.29) is 11.2 Å². The summed E-state index contributed by atoms with van der Waals surface area (Å²) in [5, 5.41) is 10.7. The molecule has 2 N–H and O–H groups in total. The summed E-state index contributed by atoms with van der Waals surface area (Å²) in [6.45, 7) is 9.30. The summed E-state index contributed by atoms with van der Waals surface area (Å²) < 4.78 is 1.52. The monoisotopic (exact) mass is 306 g/mol. The fraction of sp³-hybridized carbons (Fsp3) is 0.467. The largest absolute Gasteiger partial charge is 0.343 e. The Morgan fingerprint density at radius 1 is 1.38 bits per heavy atom. The first-order chi connectivity index (χ1) is 9.76. The second kappa shape index (κ2) is 6.07. The van der Waals surface area contributed by atoms with Gasteiger partial charge in [-0.25, -0.2) is 9.89 Å². The van der Waals surface area contributed by atoms with Gasteiger partial charge in [0.05, 0.1) is 0 Å². The lowest BCUT2D eigenvalue weighted by Gasteiger charge is -2.21. The molecule has 5 nitrogen and oxygen atoms in total. The first-order valence-corrected chi connectivity index (χ1v) is 7.72. The summed E-state index contributed by atoms with van der Waals surface area (Å²) in [5.41, 5.74) is 2.30. The summed E-state index contributed by atoms with van der Waals surface area (Å²) in [7, 11) is 1.72. The van der Waals surface area contributed by atoms with Crippen LogP contribution in [-0.2, 0) is 13.6 Å². The van der Waals surface area contributed by atoms with Gasteiger partial charge in [0.15, 0.2) is 5.16 Å². The predicted molar refractivity (Wildman–Crippen MR) is 85.7 cm³/mol. The number of aromatic amines is 1. The summed E-state index contributed by atoms with van der Waals surface area (Å²) in [6, 6.07) is 6.33. The van der Waals surface area contributed by atoms with Crippen LogP contribution in [0.4, 0.5) is 0 Å². The van der Waals surface area contributed by atoms with Crippen LogP contribution in [0.25, 0.3) is 0 Å². The molecule has 6 heteroatoms. The Bertz CT molecular complexity index is 682. The Morgan fingerprint density at radius 2 is 2.10 bits per heavy atom. The lowest BCUT2D eigenvalue weighted by molar-refractivity contribution is 0.422. The van der Waals surface area contributed by atoms with Crippen molar-refractivity contribution in [1.82, 2.24) is 20.1 Å². The molecule has 0 aliphatic heterocycles. The van der Waals surface area contributed by atoms with Crippen LogP contribution in [0, 0.1) is 6.92 Å². The third-order valence-electron chi connectivity index (χ3n) is 3.07. The molecule has 0 bridgehead atoms. The molecular weight excluding hydrogens is 284 g/mol. The number of H-pyrrole nitrogens is 1. The quantitative estimate of drug-likeness (QED) is 0.911. The lowest BCUT2D eigenvalue weighted by atomic mass is 10.1. The van der Waals surface area contributed by atoms with E-state index in [0.29, 0.717) is 5.16 Å². The first kappa shape index (κ1) is 15.9. The van der Waals surface area contributed by atoms with E-state index >= 15 is 0 Å². The van der Waals surface area contributed by atoms with Crippen LogP contribution in [0.5, 0.6) is 0 Å². The second-order valence-corrected chi connectivity index (χ2v) is 7.20. The van der Waals surface area contributed by atoms with Crippen LogP contribution in [0.1, 0.15) is 31.9 Å². The second-order valence-electron chi connectivity index (χ2n) is 6.19. The molecule has 0 spiro atoms. The minimum Gasteiger partial charge on any atom is -0.308 e. The summed E-state index contributed by atoms with van der Waals surface area (Å²) in [6.07, 6.45) is 0. The number of hydrogen-bond acceptors (Lipinski definition) is 4. The van der Waals surface area contributed by atoms with Crippen LogP contribution in [0.3, 0.4) is 0 Å². The molecule has 0 fully saturated rings. The van der Waals surface area contributed by atoms with E-state index < -0.39 is 0 Å². The minimum atomic E-state index is -0.195. The van der Waals surface area contributed by atoms with Gasteiger partial charge in [-0.05, 0) is 51.1 Å². The van der Waals surface area contributed by atoms with Crippen molar-refractivity contribution in [3.63, 3.8) is 0 Å². The minimum absolute atomic E-state index is 0.0604. The van der Waals surface area contributed by atoms with E-state index in [1.165, 1.54) is 27.5 Å². The van der Waals surface area contributed by atoms with E-state index in [1.54, 1.807) is 7.05 Å². The van der Waals surface area contributed by atoms with Gasteiger partial charge in [0, 0.05) is 24.0 Å². The molecule has 0 aliphatic carbocycles. The Balaban J connectivity index is 2.26. The molecule has 1 aromatic carbocycles. The molecule has 0 unspecified atom stereocenters. The van der Waals surface area contributed by atoms with Crippen molar-refractivity contribution in [2.24, 2.45) is 7.05 Å². The van der Waals surface area contributed by atoms with E-state index in [9.17, 15) is 4.79 Å². The molecule has 0 saturated carbocycles. The molecular formula is C15H22N4OS. The average Bonchev–Trinajstić information content (AvgIpc) is 2.70. The molecule has 0 radical (unpaired) electrons. The molecule has 0 atom stereocenters. The fourth-order valence-corrected chi connectivity index (χ4v) is 2.73. The number of nitrogens with one attached hydrogen (secondary N) is 2. The molecule has 0 amide bonds. The summed E-state index contributed by atoms with van der Waals surface area (Å²) in [4.78, 5) is 12.6. The van der Waals surface area contributed by atoms with Crippen LogP contribution in [0.15, 0.2) is 33.0 Å². The zero-order chi connectivity index (χ0) is 15.6. The maximum absolute atomic E-state index is 11.4. The number of aryl methyl sites for hydroxylation is 1. The molecule has 1 heterocycles. The van der Waals surface area contributed by atoms with Crippen LogP contribution >= 0.6 is 11.8 Å². The average molecular weight is 306 g/mol. The van der Waals surface area contributed by atoms with Gasteiger partial charge in [0.1, 0.15) is 0 Å². The van der Waals surface area contributed by atoms with Crippen molar-refractivity contribution >= 4 is 11.8 Å². The number of nitrogens with zero attached hydrogens (tertiary/aromatic N) is 2. The van der Waals surface area contributed by atoms with Gasteiger partial charge in [-0.2, -0.15) is 0 Å². The number of aromatic nitrogens is 3. The van der Waals surface area contributed by atoms with Crippen molar-refractivity contribution < 1.29 is 0 Å². The van der Waals surface area contributed by atoms with Gasteiger partial charge < -0.3 is 5.32 Å². The van der Waals surface area contributed by atoms with E-state index in [4.69, 9.17) is 0 Å². The fourth-order valence-electron chi connectivity index (χ4n) is 1.83. The highest BCUT2D eigenvalue weighted by Crippen LogP contribution is 2.29. The SMILES string of the molecule is Cc1ccc(Sc2n[nH]c(=O)n2C)c(CNC(C)(C)C)c1. The molecule has 114 valence electrons. The number of benzene rings is 1. The highest BCUT2D eigenvalue weighted by Gasteiger charge is 2.13. The van der Waals surface area contributed by atoms with Gasteiger partial charge >= 0.3 is 5.69 Å². The number of rotatable bonds is 4. The predicted octanol–water partition coefficient (Wildman–Crippen LogP) is 2.46. The van der Waals surface area contributed by atoms with Crippen molar-refractivity contribution in [2.45, 2.75) is 49.8 Å². The summed E-state index contributed by atoms with van der Waals surface area (Å²) in [5.74, 6) is 0. The third-order valence-corrected chi connectivity index (χ3v) is 4.23. The molecule has 0 aliphatic rings. The Kier molecular flexibility index (Phi) is 4.58. The van der Waals surface area contributed by atoms with Gasteiger partial charge in [0.2, 0.25) is 0 Å². The van der Waals surface area contributed by atoms with Crippen molar-refractivity contribution in [2.75, 3.05) is 0 Å². The van der Waals surface area contributed by atoms with Crippen LogP contribution in [0.2, 0.25) is 0 Å². The van der Waals surface area contributed by atoms with Crippen LogP contribution in [-0.4, -0.2) is 20.3 Å². The standard InChI is InChI=1S/C15H22N4OS/c1-10-6-7-12(11(8-10)9-16-15(2,3)4)21-14-18-17-13(20)19(14)5/h6-8,16H,9H2,1-5H3,(H,17,20). The normalized spacial score (nSPS) is 11.9. The van der Waals surface area contributed by atoms with Crippen LogP contribution < -0.4 is 11.0 Å². The van der Waals surface area contributed by atoms with E-state index in [2.05, 4.69) is 61.4 Å². The maximum Gasteiger partial charge on any atom is 0.343 e. The molecule has 2 rings (SSSR count). The van der Waals surface area contributed by atoms with E-state index in [1.807, 2.05) is 0 Å². The third kappa shape index (κ3) is 4.22.